The summed E-state index contributed by atoms with van der Waals surface area (Å²) in [5.74, 6) is 2.28. The minimum atomic E-state index is -0.522. The maximum Gasteiger partial charge on any atom is 0.240 e. The number of rotatable bonds is 6. The summed E-state index contributed by atoms with van der Waals surface area (Å²) in [7, 11) is 0. The quantitative estimate of drug-likeness (QED) is 0.654. The lowest BCUT2D eigenvalue weighted by atomic mass is 10.2. The van der Waals surface area contributed by atoms with Crippen LogP contribution in [0, 0.1) is 0 Å². The number of hydrogen-bond donors (Lipinski definition) is 2. The number of carbonyl (C=O) groups excluding carboxylic acids is 1. The van der Waals surface area contributed by atoms with Crippen molar-refractivity contribution >= 4 is 17.7 Å². The van der Waals surface area contributed by atoms with Crippen LogP contribution in [0.5, 0.6) is 0 Å². The van der Waals surface area contributed by atoms with E-state index in [1.807, 2.05) is 18.7 Å². The SMILES string of the molecule is CCSCCC(C)NC(=O)C1(N)CC1. The van der Waals surface area contributed by atoms with E-state index in [-0.39, 0.29) is 11.9 Å². The van der Waals surface area contributed by atoms with Gasteiger partial charge in [0, 0.05) is 6.04 Å². The fraction of sp³-hybridized carbons (Fsp3) is 0.900. The van der Waals surface area contributed by atoms with Gasteiger partial charge in [-0.1, -0.05) is 6.92 Å². The van der Waals surface area contributed by atoms with Crippen LogP contribution in [-0.2, 0) is 4.79 Å². The maximum absolute atomic E-state index is 11.5. The molecule has 3 nitrogen and oxygen atoms in total. The average molecular weight is 216 g/mol. The van der Waals surface area contributed by atoms with E-state index in [4.69, 9.17) is 5.73 Å². The van der Waals surface area contributed by atoms with Crippen molar-refractivity contribution in [3.05, 3.63) is 0 Å². The van der Waals surface area contributed by atoms with Crippen LogP contribution in [0.25, 0.3) is 0 Å². The van der Waals surface area contributed by atoms with Crippen molar-refractivity contribution < 1.29 is 4.79 Å². The zero-order chi connectivity index (χ0) is 10.6. The minimum Gasteiger partial charge on any atom is -0.352 e. The number of nitrogens with one attached hydrogen (secondary N) is 1. The van der Waals surface area contributed by atoms with E-state index in [1.54, 1.807) is 0 Å². The second-order valence-corrected chi connectivity index (χ2v) is 5.41. The van der Waals surface area contributed by atoms with Crippen LogP contribution in [0.15, 0.2) is 0 Å². The molecule has 1 saturated carbocycles. The molecule has 0 aromatic heterocycles. The Hall–Kier alpha value is -0.220. The van der Waals surface area contributed by atoms with Crippen LogP contribution < -0.4 is 11.1 Å². The monoisotopic (exact) mass is 216 g/mol. The average Bonchev–Trinajstić information content (AvgIpc) is 2.85. The van der Waals surface area contributed by atoms with E-state index in [1.165, 1.54) is 0 Å². The molecule has 0 saturated heterocycles. The number of hydrogen-bond acceptors (Lipinski definition) is 3. The molecule has 82 valence electrons. The van der Waals surface area contributed by atoms with E-state index in [2.05, 4.69) is 12.2 Å². The van der Waals surface area contributed by atoms with Gasteiger partial charge in [-0.05, 0) is 37.7 Å². The molecule has 0 spiro atoms. The third-order valence-corrected chi connectivity index (χ3v) is 3.45. The smallest absolute Gasteiger partial charge is 0.240 e. The summed E-state index contributed by atoms with van der Waals surface area (Å²) in [6.45, 7) is 4.19. The van der Waals surface area contributed by atoms with E-state index < -0.39 is 5.54 Å². The van der Waals surface area contributed by atoms with E-state index in [9.17, 15) is 4.79 Å². The Kier molecular flexibility index (Phi) is 4.26. The van der Waals surface area contributed by atoms with Crippen molar-refractivity contribution in [3.8, 4) is 0 Å². The van der Waals surface area contributed by atoms with Crippen molar-refractivity contribution in [2.24, 2.45) is 5.73 Å². The highest BCUT2D eigenvalue weighted by Gasteiger charge is 2.46. The molecule has 0 aromatic carbocycles. The van der Waals surface area contributed by atoms with E-state index >= 15 is 0 Å². The maximum atomic E-state index is 11.5. The molecule has 0 bridgehead atoms. The highest BCUT2D eigenvalue weighted by Crippen LogP contribution is 2.32. The summed E-state index contributed by atoms with van der Waals surface area (Å²) in [5.41, 5.74) is 5.25. The first kappa shape index (κ1) is 11.9. The summed E-state index contributed by atoms with van der Waals surface area (Å²) in [6, 6.07) is 0.252. The fourth-order valence-corrected chi connectivity index (χ4v) is 2.01. The van der Waals surface area contributed by atoms with Crippen LogP contribution in [0.2, 0.25) is 0 Å². The molecule has 1 aliphatic carbocycles. The Bertz CT molecular complexity index is 204. The zero-order valence-corrected chi connectivity index (χ0v) is 9.82. The summed E-state index contributed by atoms with van der Waals surface area (Å²) >= 11 is 1.90. The fourth-order valence-electron chi connectivity index (χ4n) is 1.21. The van der Waals surface area contributed by atoms with Crippen molar-refractivity contribution in [1.29, 1.82) is 0 Å². The number of amides is 1. The van der Waals surface area contributed by atoms with Crippen LogP contribution in [-0.4, -0.2) is 29.0 Å². The molecule has 3 N–H and O–H groups in total. The first-order valence-corrected chi connectivity index (χ1v) is 6.41. The van der Waals surface area contributed by atoms with Gasteiger partial charge in [-0.3, -0.25) is 4.79 Å². The Morgan fingerprint density at radius 1 is 1.64 bits per heavy atom. The van der Waals surface area contributed by atoms with Gasteiger partial charge >= 0.3 is 0 Å². The molecule has 1 atom stereocenters. The van der Waals surface area contributed by atoms with Crippen LogP contribution >= 0.6 is 11.8 Å². The van der Waals surface area contributed by atoms with Crippen molar-refractivity contribution in [3.63, 3.8) is 0 Å². The first-order valence-electron chi connectivity index (χ1n) is 5.26. The third kappa shape index (κ3) is 3.50. The van der Waals surface area contributed by atoms with Crippen LogP contribution in [0.3, 0.4) is 0 Å². The lowest BCUT2D eigenvalue weighted by Gasteiger charge is -2.16. The van der Waals surface area contributed by atoms with Gasteiger partial charge in [-0.25, -0.2) is 0 Å². The van der Waals surface area contributed by atoms with Crippen LogP contribution in [0.4, 0.5) is 0 Å². The van der Waals surface area contributed by atoms with Gasteiger partial charge in [0.25, 0.3) is 0 Å². The molecule has 1 rings (SSSR count). The molecule has 1 amide bonds. The van der Waals surface area contributed by atoms with Crippen molar-refractivity contribution in [2.75, 3.05) is 11.5 Å². The normalized spacial score (nSPS) is 20.2. The number of carbonyl (C=O) groups is 1. The van der Waals surface area contributed by atoms with Gasteiger partial charge in [0.1, 0.15) is 0 Å². The molecule has 0 aliphatic heterocycles. The molecule has 1 unspecified atom stereocenters. The number of thioether (sulfide) groups is 1. The summed E-state index contributed by atoms with van der Waals surface area (Å²) in [5, 5.41) is 2.96. The largest absolute Gasteiger partial charge is 0.352 e. The van der Waals surface area contributed by atoms with Gasteiger partial charge in [-0.15, -0.1) is 0 Å². The highest BCUT2D eigenvalue weighted by atomic mass is 32.2. The Morgan fingerprint density at radius 2 is 2.29 bits per heavy atom. The Morgan fingerprint density at radius 3 is 2.79 bits per heavy atom. The van der Waals surface area contributed by atoms with Gasteiger partial charge < -0.3 is 11.1 Å². The number of nitrogens with two attached hydrogens (primary N) is 1. The minimum absolute atomic E-state index is 0.0338. The van der Waals surface area contributed by atoms with Gasteiger partial charge in [0.15, 0.2) is 0 Å². The first-order chi connectivity index (χ1) is 6.58. The molecule has 0 aromatic rings. The summed E-state index contributed by atoms with van der Waals surface area (Å²) < 4.78 is 0. The highest BCUT2D eigenvalue weighted by molar-refractivity contribution is 7.99. The van der Waals surface area contributed by atoms with Crippen molar-refractivity contribution in [1.82, 2.24) is 5.32 Å². The molecule has 4 heteroatoms. The second kappa shape index (κ2) is 5.03. The topological polar surface area (TPSA) is 55.1 Å². The predicted octanol–water partition coefficient (Wildman–Crippen LogP) is 1.13. The van der Waals surface area contributed by atoms with Gasteiger partial charge in [0.05, 0.1) is 5.54 Å². The molecule has 0 radical (unpaired) electrons. The molecular weight excluding hydrogens is 196 g/mol. The Balaban J connectivity index is 2.13. The van der Waals surface area contributed by atoms with Gasteiger partial charge in [-0.2, -0.15) is 11.8 Å². The van der Waals surface area contributed by atoms with E-state index in [0.29, 0.717) is 0 Å². The molecule has 1 aliphatic rings. The van der Waals surface area contributed by atoms with Crippen LogP contribution in [0.1, 0.15) is 33.1 Å². The predicted molar refractivity (Wildman–Crippen MR) is 61.4 cm³/mol. The zero-order valence-electron chi connectivity index (χ0n) is 9.01. The molecule has 1 fully saturated rings. The lowest BCUT2D eigenvalue weighted by molar-refractivity contribution is -0.123. The second-order valence-electron chi connectivity index (χ2n) is 4.02. The lowest BCUT2D eigenvalue weighted by Crippen LogP contribution is -2.46. The standard InChI is InChI=1S/C10H20N2OS/c1-3-14-7-4-8(2)12-9(13)10(11)5-6-10/h8H,3-7,11H2,1-2H3,(H,12,13). The Labute approximate surface area is 90.2 Å². The summed E-state index contributed by atoms with van der Waals surface area (Å²) in [4.78, 5) is 11.5. The summed E-state index contributed by atoms with van der Waals surface area (Å²) in [6.07, 6.45) is 2.71. The molecule has 14 heavy (non-hydrogen) atoms. The third-order valence-electron chi connectivity index (χ3n) is 2.52. The molecular formula is C10H20N2OS. The van der Waals surface area contributed by atoms with E-state index in [0.717, 1.165) is 30.8 Å². The van der Waals surface area contributed by atoms with Gasteiger partial charge in [0.2, 0.25) is 5.91 Å². The molecule has 0 heterocycles. The van der Waals surface area contributed by atoms with Crippen molar-refractivity contribution in [2.45, 2.75) is 44.7 Å².